The summed E-state index contributed by atoms with van der Waals surface area (Å²) in [4.78, 5) is 20.7. The van der Waals surface area contributed by atoms with Gasteiger partial charge in [-0.15, -0.1) is 11.3 Å². The first kappa shape index (κ1) is 16.8. The van der Waals surface area contributed by atoms with Gasteiger partial charge in [-0.1, -0.05) is 34.1 Å². The summed E-state index contributed by atoms with van der Waals surface area (Å²) < 4.78 is 0. The van der Waals surface area contributed by atoms with Crippen LogP contribution in [0.1, 0.15) is 32.1 Å². The Morgan fingerprint density at radius 1 is 1.30 bits per heavy atom. The Hall–Kier alpha value is -1.05. The molecule has 0 radical (unpaired) electrons. The minimum absolute atomic E-state index is 0.0559. The number of aromatic nitrogens is 2. The molecule has 0 aromatic carbocycles. The van der Waals surface area contributed by atoms with Crippen LogP contribution < -0.4 is 5.32 Å². The van der Waals surface area contributed by atoms with Crippen molar-refractivity contribution >= 4 is 44.0 Å². The predicted molar refractivity (Wildman–Crippen MR) is 101 cm³/mol. The number of amides is 1. The molecule has 1 atom stereocenters. The van der Waals surface area contributed by atoms with E-state index in [1.165, 1.54) is 29.9 Å². The fraction of sp³-hybridized carbons (Fsp3) is 0.438. The van der Waals surface area contributed by atoms with E-state index in [2.05, 4.69) is 15.3 Å². The number of nitrogens with one attached hydrogen (secondary N) is 1. The number of unbranched alkanes of at least 4 members (excludes halogenated alkanes) is 1. The van der Waals surface area contributed by atoms with Crippen molar-refractivity contribution in [3.05, 3.63) is 29.8 Å². The largest absolute Gasteiger partial charge is 0.302 e. The number of hydrogen-bond donors (Lipinski definition) is 1. The lowest BCUT2D eigenvalue weighted by Crippen LogP contribution is -2.11. The average Bonchev–Trinajstić information content (AvgIpc) is 3.24. The summed E-state index contributed by atoms with van der Waals surface area (Å²) in [6.45, 7) is 0. The van der Waals surface area contributed by atoms with Crippen LogP contribution in [0, 0.1) is 0 Å². The van der Waals surface area contributed by atoms with Crippen molar-refractivity contribution in [1.82, 2.24) is 9.97 Å². The second-order valence-corrected chi connectivity index (χ2v) is 9.02. The van der Waals surface area contributed by atoms with E-state index in [1.807, 2.05) is 45.2 Å². The highest BCUT2D eigenvalue weighted by Gasteiger charge is 2.16. The third-order valence-electron chi connectivity index (χ3n) is 3.59. The quantitative estimate of drug-likeness (QED) is 0.561. The van der Waals surface area contributed by atoms with E-state index < -0.39 is 0 Å². The molecule has 7 heteroatoms. The van der Waals surface area contributed by atoms with Crippen LogP contribution in [0.2, 0.25) is 0 Å². The molecule has 3 rings (SSSR count). The predicted octanol–water partition coefficient (Wildman–Crippen LogP) is 4.86. The van der Waals surface area contributed by atoms with Gasteiger partial charge < -0.3 is 5.32 Å². The Kier molecular flexibility index (Phi) is 6.36. The summed E-state index contributed by atoms with van der Waals surface area (Å²) in [5.74, 6) is 1.33. The van der Waals surface area contributed by atoms with E-state index in [0.29, 0.717) is 11.6 Å². The van der Waals surface area contributed by atoms with E-state index in [-0.39, 0.29) is 5.91 Å². The Labute approximate surface area is 148 Å². The number of rotatable bonds is 7. The molecule has 0 unspecified atom stereocenters. The molecular formula is C16H19N3OS3. The van der Waals surface area contributed by atoms with Crippen LogP contribution in [0.15, 0.2) is 29.8 Å². The topological polar surface area (TPSA) is 54.9 Å². The van der Waals surface area contributed by atoms with Crippen molar-refractivity contribution in [2.24, 2.45) is 0 Å². The van der Waals surface area contributed by atoms with Gasteiger partial charge in [-0.3, -0.25) is 9.78 Å². The second-order valence-electron chi connectivity index (χ2n) is 5.38. The van der Waals surface area contributed by atoms with Crippen LogP contribution in [0.25, 0.3) is 11.4 Å². The number of pyridine rings is 1. The molecule has 1 aliphatic rings. The zero-order valence-electron chi connectivity index (χ0n) is 12.7. The van der Waals surface area contributed by atoms with Crippen LogP contribution in [-0.2, 0) is 4.79 Å². The summed E-state index contributed by atoms with van der Waals surface area (Å²) in [5.41, 5.74) is 1.64. The Morgan fingerprint density at radius 3 is 3.04 bits per heavy atom. The maximum atomic E-state index is 12.0. The molecule has 1 fully saturated rings. The molecule has 0 bridgehead atoms. The van der Waals surface area contributed by atoms with Crippen LogP contribution in [0.5, 0.6) is 0 Å². The SMILES string of the molecule is O=C(CCCC[C@H]1CCSS1)Nc1nc(-c2ccccn2)cs1. The average molecular weight is 366 g/mol. The number of hydrogen-bond acceptors (Lipinski definition) is 6. The molecule has 0 aliphatic carbocycles. The fourth-order valence-electron chi connectivity index (χ4n) is 2.37. The van der Waals surface area contributed by atoms with Gasteiger partial charge in [0.25, 0.3) is 0 Å². The molecule has 3 heterocycles. The van der Waals surface area contributed by atoms with Crippen molar-refractivity contribution in [2.45, 2.75) is 37.4 Å². The fourth-order valence-corrected chi connectivity index (χ4v) is 6.12. The van der Waals surface area contributed by atoms with Crippen LogP contribution in [-0.4, -0.2) is 26.9 Å². The Morgan fingerprint density at radius 2 is 2.26 bits per heavy atom. The van der Waals surface area contributed by atoms with Crippen molar-refractivity contribution in [3.63, 3.8) is 0 Å². The molecule has 1 aliphatic heterocycles. The first-order valence-electron chi connectivity index (χ1n) is 7.76. The number of thiazole rings is 1. The third kappa shape index (κ3) is 5.22. The lowest BCUT2D eigenvalue weighted by atomic mass is 10.1. The minimum atomic E-state index is 0.0559. The van der Waals surface area contributed by atoms with Gasteiger partial charge >= 0.3 is 0 Å². The molecule has 0 saturated carbocycles. The number of carbonyl (C=O) groups excluding carboxylic acids is 1. The van der Waals surface area contributed by atoms with Gasteiger partial charge in [-0.2, -0.15) is 0 Å². The standard InChI is InChI=1S/C16H19N3OS3/c20-15(7-2-1-5-12-8-10-22-23-12)19-16-18-14(11-21-16)13-6-3-4-9-17-13/h3-4,6,9,11-12H,1-2,5,7-8,10H2,(H,18,19,20)/t12-/m0/s1. The monoisotopic (exact) mass is 365 g/mol. The molecule has 2 aromatic rings. The van der Waals surface area contributed by atoms with Crippen LogP contribution in [0.3, 0.4) is 0 Å². The van der Waals surface area contributed by atoms with Crippen LogP contribution in [0.4, 0.5) is 5.13 Å². The molecular weight excluding hydrogens is 346 g/mol. The number of anilines is 1. The Balaban J connectivity index is 1.40. The van der Waals surface area contributed by atoms with Crippen LogP contribution >= 0.6 is 32.9 Å². The molecule has 1 N–H and O–H groups in total. The van der Waals surface area contributed by atoms with Gasteiger partial charge in [0.05, 0.1) is 5.69 Å². The molecule has 122 valence electrons. The molecule has 1 saturated heterocycles. The number of nitrogens with zero attached hydrogens (tertiary/aromatic N) is 2. The first-order chi connectivity index (χ1) is 11.3. The smallest absolute Gasteiger partial charge is 0.226 e. The van der Waals surface area contributed by atoms with Crippen molar-refractivity contribution in [3.8, 4) is 11.4 Å². The first-order valence-corrected chi connectivity index (χ1v) is 11.0. The van der Waals surface area contributed by atoms with Gasteiger partial charge in [0.2, 0.25) is 5.91 Å². The normalized spacial score (nSPS) is 17.3. The summed E-state index contributed by atoms with van der Waals surface area (Å²) in [5, 5.41) is 6.26. The number of carbonyl (C=O) groups is 1. The van der Waals surface area contributed by atoms with Gasteiger partial charge in [-0.25, -0.2) is 4.98 Å². The van der Waals surface area contributed by atoms with Gasteiger partial charge in [0.15, 0.2) is 5.13 Å². The van der Waals surface area contributed by atoms with Crippen molar-refractivity contribution in [1.29, 1.82) is 0 Å². The van der Waals surface area contributed by atoms with E-state index >= 15 is 0 Å². The lowest BCUT2D eigenvalue weighted by molar-refractivity contribution is -0.116. The van der Waals surface area contributed by atoms with Gasteiger partial charge in [-0.05, 0) is 31.4 Å². The molecule has 4 nitrogen and oxygen atoms in total. The molecule has 1 amide bonds. The maximum Gasteiger partial charge on any atom is 0.226 e. The van der Waals surface area contributed by atoms with Gasteiger partial charge in [0, 0.05) is 29.0 Å². The highest BCUT2D eigenvalue weighted by molar-refractivity contribution is 8.77. The maximum absolute atomic E-state index is 12.0. The summed E-state index contributed by atoms with van der Waals surface area (Å²) in [7, 11) is 3.98. The van der Waals surface area contributed by atoms with E-state index in [1.54, 1.807) is 6.20 Å². The lowest BCUT2D eigenvalue weighted by Gasteiger charge is -2.06. The minimum Gasteiger partial charge on any atom is -0.302 e. The van der Waals surface area contributed by atoms with Gasteiger partial charge in [0.1, 0.15) is 5.69 Å². The highest BCUT2D eigenvalue weighted by atomic mass is 33.1. The van der Waals surface area contributed by atoms with E-state index in [9.17, 15) is 4.79 Å². The molecule has 23 heavy (non-hydrogen) atoms. The summed E-state index contributed by atoms with van der Waals surface area (Å²) in [6.07, 6.45) is 6.94. The van der Waals surface area contributed by atoms with E-state index in [4.69, 9.17) is 0 Å². The summed E-state index contributed by atoms with van der Waals surface area (Å²) in [6, 6.07) is 5.72. The molecule has 0 spiro atoms. The second kappa shape index (κ2) is 8.70. The highest BCUT2D eigenvalue weighted by Crippen LogP contribution is 2.39. The summed E-state index contributed by atoms with van der Waals surface area (Å²) >= 11 is 1.44. The Bertz CT molecular complexity index is 627. The third-order valence-corrected chi connectivity index (χ3v) is 7.35. The van der Waals surface area contributed by atoms with Crippen molar-refractivity contribution in [2.75, 3.05) is 11.1 Å². The van der Waals surface area contributed by atoms with E-state index in [0.717, 1.165) is 29.5 Å². The zero-order valence-corrected chi connectivity index (χ0v) is 15.2. The van der Waals surface area contributed by atoms with Crippen molar-refractivity contribution < 1.29 is 4.79 Å². The zero-order chi connectivity index (χ0) is 15.9. The molecule has 2 aromatic heterocycles.